The third kappa shape index (κ3) is 3.16. The SMILES string of the molecule is O=C(NN1CCCCC1)c1cn(C2CCNCC2)nn1. The highest BCUT2D eigenvalue weighted by Crippen LogP contribution is 2.17. The highest BCUT2D eigenvalue weighted by molar-refractivity contribution is 5.91. The van der Waals surface area contributed by atoms with Crippen molar-refractivity contribution in [2.75, 3.05) is 26.2 Å². The number of nitrogens with zero attached hydrogens (tertiary/aromatic N) is 4. The lowest BCUT2D eigenvalue weighted by molar-refractivity contribution is 0.0744. The van der Waals surface area contributed by atoms with E-state index in [1.54, 1.807) is 6.20 Å². The number of rotatable bonds is 3. The average Bonchev–Trinajstić information content (AvgIpc) is 2.99. The molecular formula is C13H22N6O. The third-order valence-electron chi connectivity index (χ3n) is 4.04. The molecule has 7 nitrogen and oxygen atoms in total. The molecule has 7 heteroatoms. The van der Waals surface area contributed by atoms with E-state index in [2.05, 4.69) is 21.1 Å². The van der Waals surface area contributed by atoms with Gasteiger partial charge in [0.15, 0.2) is 5.69 Å². The number of hydrogen-bond donors (Lipinski definition) is 2. The molecular weight excluding hydrogens is 256 g/mol. The second-order valence-electron chi connectivity index (χ2n) is 5.55. The number of carbonyl (C=O) groups excluding carboxylic acids is 1. The third-order valence-corrected chi connectivity index (χ3v) is 4.04. The molecule has 0 bridgehead atoms. The molecule has 0 aliphatic carbocycles. The fourth-order valence-electron chi connectivity index (χ4n) is 2.84. The van der Waals surface area contributed by atoms with Gasteiger partial charge in [0.05, 0.1) is 12.2 Å². The number of carbonyl (C=O) groups is 1. The van der Waals surface area contributed by atoms with Gasteiger partial charge in [-0.05, 0) is 38.8 Å². The summed E-state index contributed by atoms with van der Waals surface area (Å²) < 4.78 is 1.84. The number of amides is 1. The topological polar surface area (TPSA) is 75.1 Å². The van der Waals surface area contributed by atoms with E-state index < -0.39 is 0 Å². The smallest absolute Gasteiger partial charge is 0.287 e. The first-order valence-electron chi connectivity index (χ1n) is 7.51. The van der Waals surface area contributed by atoms with Gasteiger partial charge in [0.1, 0.15) is 0 Å². The molecule has 0 radical (unpaired) electrons. The molecule has 1 aromatic rings. The molecule has 2 saturated heterocycles. The van der Waals surface area contributed by atoms with Crippen LogP contribution in [-0.4, -0.2) is 52.1 Å². The van der Waals surface area contributed by atoms with Gasteiger partial charge < -0.3 is 5.32 Å². The van der Waals surface area contributed by atoms with E-state index in [1.165, 1.54) is 6.42 Å². The van der Waals surface area contributed by atoms with Crippen LogP contribution in [0.15, 0.2) is 6.20 Å². The Hall–Kier alpha value is -1.47. The first-order chi connectivity index (χ1) is 9.83. The van der Waals surface area contributed by atoms with Gasteiger partial charge in [-0.2, -0.15) is 0 Å². The molecule has 0 atom stereocenters. The Morgan fingerprint density at radius 3 is 2.75 bits per heavy atom. The van der Waals surface area contributed by atoms with Crippen molar-refractivity contribution in [3.63, 3.8) is 0 Å². The van der Waals surface area contributed by atoms with Crippen LogP contribution in [0.1, 0.15) is 48.6 Å². The maximum absolute atomic E-state index is 12.1. The summed E-state index contributed by atoms with van der Waals surface area (Å²) in [5, 5.41) is 13.4. The predicted molar refractivity (Wildman–Crippen MR) is 74.1 cm³/mol. The van der Waals surface area contributed by atoms with E-state index in [1.807, 2.05) is 9.69 Å². The van der Waals surface area contributed by atoms with Crippen LogP contribution in [0.4, 0.5) is 0 Å². The quantitative estimate of drug-likeness (QED) is 0.833. The monoisotopic (exact) mass is 278 g/mol. The van der Waals surface area contributed by atoms with E-state index in [0.717, 1.165) is 51.9 Å². The minimum Gasteiger partial charge on any atom is -0.317 e. The lowest BCUT2D eigenvalue weighted by Gasteiger charge is -2.26. The summed E-state index contributed by atoms with van der Waals surface area (Å²) in [4.78, 5) is 12.1. The molecule has 20 heavy (non-hydrogen) atoms. The van der Waals surface area contributed by atoms with Gasteiger partial charge >= 0.3 is 0 Å². The number of aromatic nitrogens is 3. The molecule has 2 N–H and O–H groups in total. The van der Waals surface area contributed by atoms with Gasteiger partial charge in [0.25, 0.3) is 5.91 Å². The minimum atomic E-state index is -0.146. The van der Waals surface area contributed by atoms with Gasteiger partial charge in [-0.3, -0.25) is 10.2 Å². The fourth-order valence-corrected chi connectivity index (χ4v) is 2.84. The van der Waals surface area contributed by atoms with Crippen LogP contribution in [0.25, 0.3) is 0 Å². The molecule has 2 fully saturated rings. The van der Waals surface area contributed by atoms with Crippen LogP contribution in [0.5, 0.6) is 0 Å². The Bertz CT molecular complexity index is 447. The second kappa shape index (κ2) is 6.32. The van der Waals surface area contributed by atoms with E-state index >= 15 is 0 Å². The molecule has 3 rings (SSSR count). The number of nitrogens with one attached hydrogen (secondary N) is 2. The Kier molecular flexibility index (Phi) is 4.27. The highest BCUT2D eigenvalue weighted by Gasteiger charge is 2.20. The van der Waals surface area contributed by atoms with Crippen LogP contribution in [0.2, 0.25) is 0 Å². The predicted octanol–water partition coefficient (Wildman–Crippen LogP) is 0.333. The van der Waals surface area contributed by atoms with Gasteiger partial charge in [-0.1, -0.05) is 11.6 Å². The van der Waals surface area contributed by atoms with Crippen LogP contribution in [-0.2, 0) is 0 Å². The maximum Gasteiger partial charge on any atom is 0.287 e. The fraction of sp³-hybridized carbons (Fsp3) is 0.769. The Balaban J connectivity index is 1.58. The van der Waals surface area contributed by atoms with Gasteiger partial charge in [-0.25, -0.2) is 9.69 Å². The van der Waals surface area contributed by atoms with Crippen LogP contribution >= 0.6 is 0 Å². The zero-order chi connectivity index (χ0) is 13.8. The number of hydrazine groups is 1. The molecule has 1 amide bonds. The second-order valence-corrected chi connectivity index (χ2v) is 5.55. The molecule has 1 aromatic heterocycles. The summed E-state index contributed by atoms with van der Waals surface area (Å²) in [6, 6.07) is 0.361. The zero-order valence-corrected chi connectivity index (χ0v) is 11.7. The number of hydrogen-bond acceptors (Lipinski definition) is 5. The maximum atomic E-state index is 12.1. The van der Waals surface area contributed by atoms with Crippen molar-refractivity contribution >= 4 is 5.91 Å². The molecule has 0 spiro atoms. The summed E-state index contributed by atoms with van der Waals surface area (Å²) in [7, 11) is 0. The summed E-state index contributed by atoms with van der Waals surface area (Å²) in [5.41, 5.74) is 3.33. The minimum absolute atomic E-state index is 0.146. The lowest BCUT2D eigenvalue weighted by Crippen LogP contribution is -2.45. The van der Waals surface area contributed by atoms with Gasteiger partial charge in [0, 0.05) is 13.1 Å². The van der Waals surface area contributed by atoms with E-state index in [9.17, 15) is 4.79 Å². The van der Waals surface area contributed by atoms with Crippen LogP contribution in [0, 0.1) is 0 Å². The zero-order valence-electron chi connectivity index (χ0n) is 11.7. The van der Waals surface area contributed by atoms with Crippen molar-refractivity contribution in [2.45, 2.75) is 38.1 Å². The van der Waals surface area contributed by atoms with Crippen LogP contribution < -0.4 is 10.7 Å². The van der Waals surface area contributed by atoms with E-state index in [-0.39, 0.29) is 5.91 Å². The molecule has 0 saturated carbocycles. The summed E-state index contributed by atoms with van der Waals surface area (Å²) in [6.45, 7) is 3.85. The molecule has 3 heterocycles. The molecule has 2 aliphatic heterocycles. The molecule has 110 valence electrons. The number of piperidine rings is 2. The Labute approximate surface area is 118 Å². The highest BCUT2D eigenvalue weighted by atomic mass is 16.2. The largest absolute Gasteiger partial charge is 0.317 e. The molecule has 0 unspecified atom stereocenters. The van der Waals surface area contributed by atoms with Crippen molar-refractivity contribution < 1.29 is 4.79 Å². The molecule has 0 aromatic carbocycles. The summed E-state index contributed by atoms with van der Waals surface area (Å²) in [6.07, 6.45) is 7.38. The van der Waals surface area contributed by atoms with Crippen molar-refractivity contribution in [2.24, 2.45) is 0 Å². The standard InChI is InChI=1S/C13H22N6O/c20-13(16-18-8-2-1-3-9-18)12-10-19(17-15-12)11-4-6-14-7-5-11/h10-11,14H,1-9H2,(H,16,20). The van der Waals surface area contributed by atoms with E-state index in [4.69, 9.17) is 0 Å². The first-order valence-corrected chi connectivity index (χ1v) is 7.51. The molecule has 2 aliphatic rings. The average molecular weight is 278 g/mol. The van der Waals surface area contributed by atoms with Crippen molar-refractivity contribution in [1.29, 1.82) is 0 Å². The lowest BCUT2D eigenvalue weighted by atomic mass is 10.1. The van der Waals surface area contributed by atoms with Crippen LogP contribution in [0.3, 0.4) is 0 Å². The van der Waals surface area contributed by atoms with E-state index in [0.29, 0.717) is 11.7 Å². The first kappa shape index (κ1) is 13.5. The van der Waals surface area contributed by atoms with Crippen molar-refractivity contribution in [1.82, 2.24) is 30.7 Å². The van der Waals surface area contributed by atoms with Crippen molar-refractivity contribution in [3.05, 3.63) is 11.9 Å². The summed E-state index contributed by atoms with van der Waals surface area (Å²) in [5.74, 6) is -0.146. The van der Waals surface area contributed by atoms with Crippen molar-refractivity contribution in [3.8, 4) is 0 Å². The summed E-state index contributed by atoms with van der Waals surface area (Å²) >= 11 is 0. The Morgan fingerprint density at radius 1 is 1.25 bits per heavy atom. The van der Waals surface area contributed by atoms with Gasteiger partial charge in [-0.15, -0.1) is 5.10 Å². The normalized spacial score (nSPS) is 21.8. The Morgan fingerprint density at radius 2 is 2.00 bits per heavy atom. The van der Waals surface area contributed by atoms with Gasteiger partial charge in [0.2, 0.25) is 0 Å².